The fourth-order valence-electron chi connectivity index (χ4n) is 3.41. The van der Waals surface area contributed by atoms with Crippen LogP contribution in [0.4, 0.5) is 20.2 Å². The van der Waals surface area contributed by atoms with Gasteiger partial charge in [0.1, 0.15) is 0 Å². The molecule has 0 aromatic heterocycles. The third-order valence-electron chi connectivity index (χ3n) is 5.22. The van der Waals surface area contributed by atoms with Crippen molar-refractivity contribution >= 4 is 45.8 Å². The first-order valence-corrected chi connectivity index (χ1v) is 10.6. The van der Waals surface area contributed by atoms with Crippen LogP contribution in [0.5, 0.6) is 0 Å². The SMILES string of the molecule is CCN1CCN(C(=O)c2cc(C(=O)O)c(Nc3ccc(I)cc3C)c(F)c2F)CC1. The van der Waals surface area contributed by atoms with Gasteiger partial charge in [-0.3, -0.25) is 4.79 Å². The van der Waals surface area contributed by atoms with E-state index in [1.54, 1.807) is 19.1 Å². The first-order valence-electron chi connectivity index (χ1n) is 9.53. The van der Waals surface area contributed by atoms with Gasteiger partial charge in [0, 0.05) is 35.4 Å². The van der Waals surface area contributed by atoms with Crippen LogP contribution in [0, 0.1) is 22.1 Å². The second kappa shape index (κ2) is 9.25. The van der Waals surface area contributed by atoms with Crippen molar-refractivity contribution in [3.05, 3.63) is 56.2 Å². The number of aryl methyl sites for hydroxylation is 1. The van der Waals surface area contributed by atoms with Crippen molar-refractivity contribution in [2.45, 2.75) is 13.8 Å². The van der Waals surface area contributed by atoms with E-state index in [2.05, 4.69) is 32.8 Å². The molecule has 0 atom stereocenters. The summed E-state index contributed by atoms with van der Waals surface area (Å²) >= 11 is 2.12. The smallest absolute Gasteiger partial charge is 0.337 e. The molecule has 0 saturated carbocycles. The van der Waals surface area contributed by atoms with Crippen molar-refractivity contribution in [1.29, 1.82) is 0 Å². The number of carbonyl (C=O) groups excluding carboxylic acids is 1. The second-order valence-electron chi connectivity index (χ2n) is 7.09. The summed E-state index contributed by atoms with van der Waals surface area (Å²) in [6.45, 7) is 6.62. The second-order valence-corrected chi connectivity index (χ2v) is 8.34. The number of halogens is 3. The third-order valence-corrected chi connectivity index (χ3v) is 5.89. The summed E-state index contributed by atoms with van der Waals surface area (Å²) < 4.78 is 30.7. The Morgan fingerprint density at radius 1 is 1.10 bits per heavy atom. The number of nitrogens with zero attached hydrogens (tertiary/aromatic N) is 2. The first kappa shape index (κ1) is 22.4. The molecule has 1 heterocycles. The van der Waals surface area contributed by atoms with Crippen LogP contribution in [0.2, 0.25) is 0 Å². The molecule has 0 bridgehead atoms. The number of carboxylic acids is 1. The number of likely N-dealkylation sites (N-methyl/N-ethyl adjacent to an activating group) is 1. The highest BCUT2D eigenvalue weighted by Crippen LogP contribution is 2.31. The molecule has 160 valence electrons. The third kappa shape index (κ3) is 4.56. The van der Waals surface area contributed by atoms with Crippen LogP contribution < -0.4 is 5.32 Å². The monoisotopic (exact) mass is 529 g/mol. The van der Waals surface area contributed by atoms with Crippen LogP contribution in [0.25, 0.3) is 0 Å². The van der Waals surface area contributed by atoms with Crippen LogP contribution in [0.1, 0.15) is 33.2 Å². The molecule has 3 rings (SSSR count). The summed E-state index contributed by atoms with van der Waals surface area (Å²) in [7, 11) is 0. The number of hydrogen-bond acceptors (Lipinski definition) is 4. The fourth-order valence-corrected chi connectivity index (χ4v) is 4.06. The number of benzene rings is 2. The minimum absolute atomic E-state index is 0.373. The highest BCUT2D eigenvalue weighted by Gasteiger charge is 2.29. The van der Waals surface area contributed by atoms with E-state index in [-0.39, 0.29) is 0 Å². The number of nitrogens with one attached hydrogen (secondary N) is 1. The normalized spacial score (nSPS) is 14.6. The predicted molar refractivity (Wildman–Crippen MR) is 119 cm³/mol. The average molecular weight is 529 g/mol. The van der Waals surface area contributed by atoms with Gasteiger partial charge in [0.05, 0.1) is 16.8 Å². The molecule has 2 aromatic rings. The zero-order chi connectivity index (χ0) is 22.0. The maximum atomic E-state index is 14.9. The van der Waals surface area contributed by atoms with Crippen LogP contribution in [-0.2, 0) is 0 Å². The Morgan fingerprint density at radius 2 is 1.77 bits per heavy atom. The van der Waals surface area contributed by atoms with Gasteiger partial charge in [-0.05, 0) is 65.9 Å². The van der Waals surface area contributed by atoms with E-state index in [0.717, 1.165) is 21.7 Å². The van der Waals surface area contributed by atoms with Gasteiger partial charge in [0.25, 0.3) is 5.91 Å². The van der Waals surface area contributed by atoms with Gasteiger partial charge in [-0.1, -0.05) is 6.92 Å². The van der Waals surface area contributed by atoms with Crippen molar-refractivity contribution < 1.29 is 23.5 Å². The molecule has 0 spiro atoms. The van der Waals surface area contributed by atoms with Crippen LogP contribution in [-0.4, -0.2) is 59.5 Å². The van der Waals surface area contributed by atoms with Gasteiger partial charge in [-0.2, -0.15) is 0 Å². The molecule has 0 aliphatic carbocycles. The zero-order valence-electron chi connectivity index (χ0n) is 16.6. The Morgan fingerprint density at radius 3 is 2.33 bits per heavy atom. The molecule has 2 aromatic carbocycles. The highest BCUT2D eigenvalue weighted by atomic mass is 127. The Hall–Kier alpha value is -2.27. The molecular formula is C21H22F2IN3O3. The van der Waals surface area contributed by atoms with Gasteiger partial charge >= 0.3 is 5.97 Å². The number of aromatic carboxylic acids is 1. The summed E-state index contributed by atoms with van der Waals surface area (Å²) in [5.41, 5.74) is -0.378. The molecule has 1 saturated heterocycles. The van der Waals surface area contributed by atoms with Crippen LogP contribution in [0.15, 0.2) is 24.3 Å². The fraction of sp³-hybridized carbons (Fsp3) is 0.333. The molecule has 0 unspecified atom stereocenters. The van der Waals surface area contributed by atoms with E-state index >= 15 is 0 Å². The maximum Gasteiger partial charge on any atom is 0.337 e. The lowest BCUT2D eigenvalue weighted by Gasteiger charge is -2.34. The van der Waals surface area contributed by atoms with Gasteiger partial charge in [0.15, 0.2) is 11.6 Å². The van der Waals surface area contributed by atoms with Crippen molar-refractivity contribution in [2.24, 2.45) is 0 Å². The molecule has 0 radical (unpaired) electrons. The largest absolute Gasteiger partial charge is 0.478 e. The lowest BCUT2D eigenvalue weighted by atomic mass is 10.0. The van der Waals surface area contributed by atoms with E-state index in [4.69, 9.17) is 0 Å². The molecular weight excluding hydrogens is 507 g/mol. The van der Waals surface area contributed by atoms with Gasteiger partial charge in [-0.25, -0.2) is 13.6 Å². The summed E-state index contributed by atoms with van der Waals surface area (Å²) in [4.78, 5) is 28.1. The molecule has 9 heteroatoms. The summed E-state index contributed by atoms with van der Waals surface area (Å²) in [5, 5.41) is 12.3. The van der Waals surface area contributed by atoms with E-state index in [9.17, 15) is 23.5 Å². The lowest BCUT2D eigenvalue weighted by Crippen LogP contribution is -2.48. The zero-order valence-corrected chi connectivity index (χ0v) is 18.8. The molecule has 1 aliphatic rings. The number of hydrogen-bond donors (Lipinski definition) is 2. The van der Waals surface area contributed by atoms with Crippen LogP contribution in [0.3, 0.4) is 0 Å². The van der Waals surface area contributed by atoms with Gasteiger partial charge in [0.2, 0.25) is 0 Å². The van der Waals surface area contributed by atoms with Crippen LogP contribution >= 0.6 is 22.6 Å². The number of carboxylic acid groups (broad SMARTS) is 1. The predicted octanol–water partition coefficient (Wildman–Crippen LogP) is 4.10. The van der Waals surface area contributed by atoms with E-state index in [0.29, 0.717) is 31.9 Å². The topological polar surface area (TPSA) is 72.9 Å². The highest BCUT2D eigenvalue weighted by molar-refractivity contribution is 14.1. The minimum Gasteiger partial charge on any atom is -0.478 e. The maximum absolute atomic E-state index is 14.9. The van der Waals surface area contributed by atoms with Gasteiger partial charge < -0.3 is 20.2 Å². The van der Waals surface area contributed by atoms with E-state index in [1.807, 2.05) is 13.0 Å². The Kier molecular flexibility index (Phi) is 6.91. The molecule has 30 heavy (non-hydrogen) atoms. The Labute approximate surface area is 187 Å². The lowest BCUT2D eigenvalue weighted by molar-refractivity contribution is 0.0637. The first-order chi connectivity index (χ1) is 14.2. The standard InChI is InChI=1S/C21H22F2IN3O3/c1-3-26-6-8-27(9-7-26)20(28)14-11-15(21(29)30)19(18(23)17(14)22)25-16-5-4-13(24)10-12(16)2/h4-5,10-11,25H,3,6-9H2,1-2H3,(H,29,30). The minimum atomic E-state index is -1.45. The Balaban J connectivity index is 1.98. The number of anilines is 2. The van der Waals surface area contributed by atoms with Crippen molar-refractivity contribution in [3.8, 4) is 0 Å². The van der Waals surface area contributed by atoms with E-state index < -0.39 is 40.3 Å². The van der Waals surface area contributed by atoms with Gasteiger partial charge in [-0.15, -0.1) is 0 Å². The summed E-state index contributed by atoms with van der Waals surface area (Å²) in [6.07, 6.45) is 0. The quantitative estimate of drug-likeness (QED) is 0.571. The molecule has 1 amide bonds. The van der Waals surface area contributed by atoms with Crippen molar-refractivity contribution in [1.82, 2.24) is 9.80 Å². The molecule has 1 fully saturated rings. The molecule has 6 nitrogen and oxygen atoms in total. The Bertz CT molecular complexity index is 992. The number of piperazine rings is 1. The van der Waals surface area contributed by atoms with E-state index in [1.165, 1.54) is 4.90 Å². The van der Waals surface area contributed by atoms with Crippen molar-refractivity contribution in [3.63, 3.8) is 0 Å². The molecule has 1 aliphatic heterocycles. The number of carbonyl (C=O) groups is 2. The van der Waals surface area contributed by atoms with Crippen molar-refractivity contribution in [2.75, 3.05) is 38.0 Å². The number of rotatable bonds is 5. The summed E-state index contributed by atoms with van der Waals surface area (Å²) in [5.74, 6) is -4.90. The molecule has 2 N–H and O–H groups in total. The average Bonchev–Trinajstić information content (AvgIpc) is 2.72. The number of amides is 1. The summed E-state index contributed by atoms with van der Waals surface area (Å²) in [6, 6.07) is 6.16.